The Kier molecular flexibility index (Phi) is 3.45. The van der Waals surface area contributed by atoms with Gasteiger partial charge in [0.05, 0.1) is 12.7 Å². The highest BCUT2D eigenvalue weighted by atomic mass is 19.1. The summed E-state index contributed by atoms with van der Waals surface area (Å²) in [4.78, 5) is 0. The number of ether oxygens (including phenoxy) is 1. The summed E-state index contributed by atoms with van der Waals surface area (Å²) in [6.07, 6.45) is 0.137. The van der Waals surface area contributed by atoms with Crippen LogP contribution < -0.4 is 4.74 Å². The van der Waals surface area contributed by atoms with Gasteiger partial charge >= 0.3 is 0 Å². The van der Waals surface area contributed by atoms with Gasteiger partial charge in [-0.25, -0.2) is 4.39 Å². The van der Waals surface area contributed by atoms with E-state index in [-0.39, 0.29) is 11.7 Å². The molecule has 0 aliphatic carbocycles. The molecule has 1 heterocycles. The Morgan fingerprint density at radius 1 is 1.25 bits per heavy atom. The molecule has 3 heteroatoms. The fourth-order valence-corrected chi connectivity index (χ4v) is 2.78. The van der Waals surface area contributed by atoms with Crippen molar-refractivity contribution in [2.45, 2.75) is 19.4 Å². The van der Waals surface area contributed by atoms with Crippen LogP contribution in [0, 0.1) is 18.7 Å². The van der Waals surface area contributed by atoms with E-state index in [0.717, 1.165) is 28.9 Å². The van der Waals surface area contributed by atoms with E-state index in [4.69, 9.17) is 4.74 Å². The van der Waals surface area contributed by atoms with Crippen molar-refractivity contribution < 1.29 is 14.2 Å². The lowest BCUT2D eigenvalue weighted by Gasteiger charge is -2.29. The predicted octanol–water partition coefficient (Wildman–Crippen LogP) is 3.42. The summed E-state index contributed by atoms with van der Waals surface area (Å²) < 4.78 is 18.9. The molecule has 2 nitrogen and oxygen atoms in total. The summed E-state index contributed by atoms with van der Waals surface area (Å²) >= 11 is 0. The third kappa shape index (κ3) is 2.41. The summed E-state index contributed by atoms with van der Waals surface area (Å²) in [7, 11) is 0. The Labute approximate surface area is 117 Å². The average molecular weight is 272 g/mol. The molecule has 0 fully saturated rings. The van der Waals surface area contributed by atoms with Crippen LogP contribution >= 0.6 is 0 Å². The highest BCUT2D eigenvalue weighted by Crippen LogP contribution is 2.34. The molecule has 0 saturated carbocycles. The van der Waals surface area contributed by atoms with Crippen molar-refractivity contribution in [2.24, 2.45) is 5.92 Å². The number of aryl methyl sites for hydroxylation is 1. The number of rotatable bonds is 2. The highest BCUT2D eigenvalue weighted by molar-refractivity contribution is 5.36. The molecule has 1 aliphatic rings. The van der Waals surface area contributed by atoms with Crippen molar-refractivity contribution in [2.75, 3.05) is 6.61 Å². The first kappa shape index (κ1) is 13.1. The Bertz CT molecular complexity index is 624. The van der Waals surface area contributed by atoms with Gasteiger partial charge in [0.1, 0.15) is 11.6 Å². The molecular weight excluding hydrogens is 255 g/mol. The lowest BCUT2D eigenvalue weighted by Crippen LogP contribution is -2.27. The molecule has 2 atom stereocenters. The fourth-order valence-electron chi connectivity index (χ4n) is 2.78. The Balaban J connectivity index is 1.84. The molecule has 104 valence electrons. The van der Waals surface area contributed by atoms with Crippen molar-refractivity contribution in [1.82, 2.24) is 0 Å². The van der Waals surface area contributed by atoms with Crippen LogP contribution in [0.15, 0.2) is 42.5 Å². The molecule has 0 aromatic heterocycles. The number of fused-ring (bicyclic) bond motifs is 1. The van der Waals surface area contributed by atoms with Crippen LogP contribution in [0.2, 0.25) is 0 Å². The molecule has 2 aromatic rings. The minimum atomic E-state index is -0.635. The number of hydrogen-bond donors (Lipinski definition) is 1. The third-order valence-electron chi connectivity index (χ3n) is 3.90. The summed E-state index contributed by atoms with van der Waals surface area (Å²) in [5, 5.41) is 10.5. The van der Waals surface area contributed by atoms with Gasteiger partial charge < -0.3 is 9.84 Å². The van der Waals surface area contributed by atoms with Gasteiger partial charge in [0.2, 0.25) is 0 Å². The van der Waals surface area contributed by atoms with Crippen LogP contribution in [0.4, 0.5) is 4.39 Å². The normalized spacial score (nSPS) is 19.1. The van der Waals surface area contributed by atoms with Gasteiger partial charge in [-0.3, -0.25) is 0 Å². The quantitative estimate of drug-likeness (QED) is 0.907. The topological polar surface area (TPSA) is 29.5 Å². The van der Waals surface area contributed by atoms with Crippen LogP contribution in [-0.4, -0.2) is 11.7 Å². The van der Waals surface area contributed by atoms with Gasteiger partial charge in [-0.15, -0.1) is 0 Å². The lowest BCUT2D eigenvalue weighted by atomic mass is 9.87. The maximum atomic E-state index is 13.1. The highest BCUT2D eigenvalue weighted by Gasteiger charge is 2.27. The van der Waals surface area contributed by atoms with Gasteiger partial charge in [0.25, 0.3) is 0 Å². The van der Waals surface area contributed by atoms with E-state index in [0.29, 0.717) is 6.61 Å². The Morgan fingerprint density at radius 3 is 2.85 bits per heavy atom. The zero-order valence-corrected chi connectivity index (χ0v) is 11.3. The minimum absolute atomic E-state index is 0.00550. The predicted molar refractivity (Wildman–Crippen MR) is 75.2 cm³/mol. The smallest absolute Gasteiger partial charge is 0.123 e. The van der Waals surface area contributed by atoms with Crippen LogP contribution in [0.1, 0.15) is 22.8 Å². The van der Waals surface area contributed by atoms with E-state index in [1.54, 1.807) is 6.07 Å². The van der Waals surface area contributed by atoms with Crippen LogP contribution in [0.5, 0.6) is 5.75 Å². The van der Waals surface area contributed by atoms with E-state index in [2.05, 4.69) is 0 Å². The average Bonchev–Trinajstić information content (AvgIpc) is 2.46. The number of para-hydroxylation sites is 1. The standard InChI is InChI=1S/C17H17FO2/c1-11-8-14(18)6-7-15(11)17(19)13-9-12-4-2-3-5-16(12)20-10-13/h2-8,13,17,19H,9-10H2,1H3. The Morgan fingerprint density at radius 2 is 2.05 bits per heavy atom. The maximum Gasteiger partial charge on any atom is 0.123 e. The molecule has 0 amide bonds. The summed E-state index contributed by atoms with van der Waals surface area (Å²) in [5.74, 6) is 0.615. The molecule has 0 saturated heterocycles. The third-order valence-corrected chi connectivity index (χ3v) is 3.90. The number of aliphatic hydroxyl groups is 1. The van der Waals surface area contributed by atoms with Gasteiger partial charge in [-0.2, -0.15) is 0 Å². The van der Waals surface area contributed by atoms with E-state index < -0.39 is 6.10 Å². The molecule has 3 rings (SSSR count). The first-order chi connectivity index (χ1) is 9.65. The zero-order chi connectivity index (χ0) is 14.1. The molecule has 2 unspecified atom stereocenters. The van der Waals surface area contributed by atoms with Crippen LogP contribution in [0.3, 0.4) is 0 Å². The summed E-state index contributed by atoms with van der Waals surface area (Å²) in [5.41, 5.74) is 2.67. The first-order valence-corrected chi connectivity index (χ1v) is 6.80. The molecule has 1 aliphatic heterocycles. The molecule has 0 radical (unpaired) electrons. The molecule has 2 aromatic carbocycles. The van der Waals surface area contributed by atoms with Gasteiger partial charge in [0.15, 0.2) is 0 Å². The van der Waals surface area contributed by atoms with Gasteiger partial charge in [-0.05, 0) is 48.2 Å². The maximum absolute atomic E-state index is 13.1. The van der Waals surface area contributed by atoms with E-state index in [1.807, 2.05) is 31.2 Å². The second-order valence-corrected chi connectivity index (χ2v) is 5.33. The first-order valence-electron chi connectivity index (χ1n) is 6.80. The van der Waals surface area contributed by atoms with Crippen molar-refractivity contribution in [3.63, 3.8) is 0 Å². The number of benzene rings is 2. The minimum Gasteiger partial charge on any atom is -0.493 e. The van der Waals surface area contributed by atoms with Crippen molar-refractivity contribution >= 4 is 0 Å². The molecule has 20 heavy (non-hydrogen) atoms. The summed E-state index contributed by atoms with van der Waals surface area (Å²) in [6, 6.07) is 12.4. The van der Waals surface area contributed by atoms with Gasteiger partial charge in [-0.1, -0.05) is 24.3 Å². The van der Waals surface area contributed by atoms with E-state index in [9.17, 15) is 9.50 Å². The van der Waals surface area contributed by atoms with Crippen molar-refractivity contribution in [3.05, 3.63) is 65.0 Å². The second-order valence-electron chi connectivity index (χ2n) is 5.33. The van der Waals surface area contributed by atoms with Crippen molar-refractivity contribution in [1.29, 1.82) is 0 Å². The number of aliphatic hydroxyl groups excluding tert-OH is 1. The fraction of sp³-hybridized carbons (Fsp3) is 0.294. The van der Waals surface area contributed by atoms with Crippen LogP contribution in [0.25, 0.3) is 0 Å². The van der Waals surface area contributed by atoms with Crippen LogP contribution in [-0.2, 0) is 6.42 Å². The van der Waals surface area contributed by atoms with E-state index >= 15 is 0 Å². The lowest BCUT2D eigenvalue weighted by molar-refractivity contribution is 0.0640. The molecule has 0 spiro atoms. The monoisotopic (exact) mass is 272 g/mol. The summed E-state index contributed by atoms with van der Waals surface area (Å²) in [6.45, 7) is 2.30. The second kappa shape index (κ2) is 5.25. The number of hydrogen-bond acceptors (Lipinski definition) is 2. The van der Waals surface area contributed by atoms with Crippen molar-refractivity contribution in [3.8, 4) is 5.75 Å². The molecule has 0 bridgehead atoms. The zero-order valence-electron chi connectivity index (χ0n) is 11.3. The largest absolute Gasteiger partial charge is 0.493 e. The molecule has 1 N–H and O–H groups in total. The SMILES string of the molecule is Cc1cc(F)ccc1C(O)C1COc2ccccc2C1. The van der Waals surface area contributed by atoms with E-state index in [1.165, 1.54) is 12.1 Å². The number of halogens is 1. The van der Waals surface area contributed by atoms with Gasteiger partial charge in [0, 0.05) is 5.92 Å². The Hall–Kier alpha value is -1.87. The molecular formula is C17H17FO2.